The van der Waals surface area contributed by atoms with E-state index in [0.717, 1.165) is 6.07 Å². The number of nitrogens with zero attached hydrogens (tertiary/aromatic N) is 3. The van der Waals surface area contributed by atoms with E-state index in [1.54, 1.807) is 13.8 Å². The molecule has 1 atom stereocenters. The van der Waals surface area contributed by atoms with Crippen LogP contribution in [0.5, 0.6) is 0 Å². The molecule has 0 amide bonds. The highest BCUT2D eigenvalue weighted by molar-refractivity contribution is 5.91. The first-order valence-electron chi connectivity index (χ1n) is 12.4. The molecule has 2 aliphatic rings. The van der Waals surface area contributed by atoms with Crippen molar-refractivity contribution in [3.63, 3.8) is 0 Å². The third-order valence-corrected chi connectivity index (χ3v) is 7.58. The van der Waals surface area contributed by atoms with Gasteiger partial charge in [-0.3, -0.25) is 4.79 Å². The van der Waals surface area contributed by atoms with Crippen molar-refractivity contribution < 1.29 is 22.7 Å². The highest BCUT2D eigenvalue weighted by Gasteiger charge is 2.48. The van der Waals surface area contributed by atoms with Gasteiger partial charge in [0.25, 0.3) is 12.0 Å². The summed E-state index contributed by atoms with van der Waals surface area (Å²) in [5, 5.41) is 18.2. The minimum atomic E-state index is -2.97. The summed E-state index contributed by atoms with van der Waals surface area (Å²) < 4.78 is 56.9. The molecule has 7 nitrogen and oxygen atoms in total. The van der Waals surface area contributed by atoms with E-state index in [1.807, 2.05) is 0 Å². The molecule has 0 bridgehead atoms. The Morgan fingerprint density at radius 1 is 1.16 bits per heavy atom. The molecule has 1 aliphatic carbocycles. The van der Waals surface area contributed by atoms with Crippen molar-refractivity contribution in [1.29, 1.82) is 0 Å². The highest BCUT2D eigenvalue weighted by atomic mass is 19.3. The number of alkyl halides is 3. The van der Waals surface area contributed by atoms with Gasteiger partial charge in [0.05, 0.1) is 39.2 Å². The van der Waals surface area contributed by atoms with Gasteiger partial charge in [0.15, 0.2) is 0 Å². The summed E-state index contributed by atoms with van der Waals surface area (Å²) in [6.07, 6.45) is 0.0406. The molecule has 1 saturated carbocycles. The molecule has 1 aromatic carbocycles. The van der Waals surface area contributed by atoms with Crippen LogP contribution in [0.4, 0.5) is 23.4 Å². The fourth-order valence-electron chi connectivity index (χ4n) is 5.21. The number of benzene rings is 1. The molecule has 11 heteroatoms. The van der Waals surface area contributed by atoms with Crippen LogP contribution in [0.15, 0.2) is 29.2 Å². The summed E-state index contributed by atoms with van der Waals surface area (Å²) in [5.41, 5.74) is -3.29. The number of halogens is 4. The van der Waals surface area contributed by atoms with Gasteiger partial charge in [0.2, 0.25) is 0 Å². The second kappa shape index (κ2) is 9.36. The Hall–Kier alpha value is -3.05. The van der Waals surface area contributed by atoms with E-state index < -0.39 is 47.2 Å². The van der Waals surface area contributed by atoms with E-state index in [2.05, 4.69) is 20.6 Å². The van der Waals surface area contributed by atoms with Crippen molar-refractivity contribution in [2.24, 2.45) is 0 Å². The van der Waals surface area contributed by atoms with Gasteiger partial charge in [-0.2, -0.15) is 0 Å². The Morgan fingerprint density at radius 2 is 1.84 bits per heavy atom. The van der Waals surface area contributed by atoms with E-state index in [0.29, 0.717) is 37.1 Å². The normalized spacial score (nSPS) is 19.2. The largest absolute Gasteiger partial charge is 0.385 e. The zero-order valence-corrected chi connectivity index (χ0v) is 20.6. The molecule has 198 valence electrons. The molecule has 2 aromatic heterocycles. The maximum atomic E-state index is 14.9. The first-order valence-corrected chi connectivity index (χ1v) is 12.4. The van der Waals surface area contributed by atoms with E-state index >= 15 is 0 Å². The van der Waals surface area contributed by atoms with Gasteiger partial charge in [0, 0.05) is 11.8 Å². The van der Waals surface area contributed by atoms with Crippen LogP contribution in [0.25, 0.3) is 10.9 Å². The predicted octanol–water partition coefficient (Wildman–Crippen LogP) is 4.38. The number of aliphatic hydroxyl groups is 1. The minimum absolute atomic E-state index is 0.0233. The lowest BCUT2D eigenvalue weighted by atomic mass is 9.84. The van der Waals surface area contributed by atoms with Crippen LogP contribution in [-0.4, -0.2) is 39.4 Å². The number of fused-ring (bicyclic) bond motifs is 1. The monoisotopic (exact) mass is 519 g/mol. The SMILES string of the molecule is Cc1nc(N[C@H](C)c2cccc(C(F)F)c2F)c2cn(C3(CF)CC3)c(=O)c(C3(O)CCNCC3)c2n1. The van der Waals surface area contributed by atoms with Crippen LogP contribution in [0.1, 0.15) is 67.6 Å². The molecular formula is C26H29F4N5O2. The second-order valence-electron chi connectivity index (χ2n) is 10.1. The molecule has 0 unspecified atom stereocenters. The molecule has 1 aliphatic heterocycles. The van der Waals surface area contributed by atoms with Crippen LogP contribution in [0.3, 0.4) is 0 Å². The van der Waals surface area contributed by atoms with Crippen LogP contribution >= 0.6 is 0 Å². The van der Waals surface area contributed by atoms with Crippen molar-refractivity contribution in [3.8, 4) is 0 Å². The predicted molar refractivity (Wildman–Crippen MR) is 131 cm³/mol. The minimum Gasteiger partial charge on any atom is -0.385 e. The Balaban J connectivity index is 1.70. The highest BCUT2D eigenvalue weighted by Crippen LogP contribution is 2.45. The summed E-state index contributed by atoms with van der Waals surface area (Å²) in [7, 11) is 0. The number of rotatable bonds is 7. The van der Waals surface area contributed by atoms with Gasteiger partial charge in [-0.25, -0.2) is 27.5 Å². The van der Waals surface area contributed by atoms with Gasteiger partial charge >= 0.3 is 0 Å². The molecule has 3 N–H and O–H groups in total. The molecule has 3 heterocycles. The van der Waals surface area contributed by atoms with E-state index in [1.165, 1.54) is 22.9 Å². The maximum absolute atomic E-state index is 14.9. The zero-order chi connectivity index (χ0) is 26.5. The van der Waals surface area contributed by atoms with Crippen molar-refractivity contribution in [2.45, 2.75) is 63.1 Å². The fourth-order valence-corrected chi connectivity index (χ4v) is 5.21. The average Bonchev–Trinajstić information content (AvgIpc) is 3.65. The number of pyridine rings is 1. The van der Waals surface area contributed by atoms with Crippen molar-refractivity contribution in [1.82, 2.24) is 19.9 Å². The Kier molecular flexibility index (Phi) is 6.47. The topological polar surface area (TPSA) is 92.1 Å². The number of hydrogen-bond donors (Lipinski definition) is 3. The quantitative estimate of drug-likeness (QED) is 0.402. The van der Waals surface area contributed by atoms with Gasteiger partial charge in [-0.1, -0.05) is 18.2 Å². The van der Waals surface area contributed by atoms with Crippen LogP contribution in [0, 0.1) is 12.7 Å². The number of piperidine rings is 1. The molecular weight excluding hydrogens is 490 g/mol. The van der Waals surface area contributed by atoms with Gasteiger partial charge in [0.1, 0.15) is 24.1 Å². The smallest absolute Gasteiger partial charge is 0.266 e. The first-order chi connectivity index (χ1) is 17.6. The second-order valence-corrected chi connectivity index (χ2v) is 10.1. The number of anilines is 1. The van der Waals surface area contributed by atoms with Gasteiger partial charge in [-0.05, 0) is 52.6 Å². The Labute approximate surface area is 210 Å². The van der Waals surface area contributed by atoms with E-state index in [9.17, 15) is 27.5 Å². The van der Waals surface area contributed by atoms with Crippen molar-refractivity contribution in [3.05, 3.63) is 63.1 Å². The summed E-state index contributed by atoms with van der Waals surface area (Å²) >= 11 is 0. The lowest BCUT2D eigenvalue weighted by Gasteiger charge is -2.34. The average molecular weight is 520 g/mol. The van der Waals surface area contributed by atoms with E-state index in [-0.39, 0.29) is 35.3 Å². The third kappa shape index (κ3) is 4.37. The van der Waals surface area contributed by atoms with Crippen LogP contribution in [0.2, 0.25) is 0 Å². The molecule has 0 radical (unpaired) electrons. The standard InChI is InChI=1S/C26H29F4N5O2/c1-14(16-4-3-5-17(20(16)28)22(29)30)32-23-18-12-35(25(13-27)6-7-25)24(36)19(21(18)33-15(2)34-23)26(37)8-10-31-11-9-26/h3-5,12,14,22,31,37H,6-11,13H2,1-2H3,(H,32,33,34)/t14-/m1/s1. The molecule has 37 heavy (non-hydrogen) atoms. The summed E-state index contributed by atoms with van der Waals surface area (Å²) in [4.78, 5) is 22.7. The summed E-state index contributed by atoms with van der Waals surface area (Å²) in [6.45, 7) is 3.48. The number of aromatic nitrogens is 3. The molecule has 3 aromatic rings. The van der Waals surface area contributed by atoms with Crippen molar-refractivity contribution in [2.75, 3.05) is 25.1 Å². The van der Waals surface area contributed by atoms with Crippen molar-refractivity contribution >= 4 is 16.7 Å². The van der Waals surface area contributed by atoms with Gasteiger partial charge < -0.3 is 20.3 Å². The Morgan fingerprint density at radius 3 is 2.46 bits per heavy atom. The summed E-state index contributed by atoms with van der Waals surface area (Å²) in [6, 6.07) is 3.04. The fraction of sp³-hybridized carbons (Fsp3) is 0.500. The van der Waals surface area contributed by atoms with Crippen LogP contribution in [-0.2, 0) is 11.1 Å². The van der Waals surface area contributed by atoms with Crippen LogP contribution < -0.4 is 16.2 Å². The number of aryl methyl sites for hydroxylation is 1. The number of hydrogen-bond acceptors (Lipinski definition) is 6. The number of nitrogens with one attached hydrogen (secondary N) is 2. The Bertz CT molecular complexity index is 1400. The maximum Gasteiger partial charge on any atom is 0.266 e. The molecule has 2 fully saturated rings. The third-order valence-electron chi connectivity index (χ3n) is 7.58. The lowest BCUT2D eigenvalue weighted by Crippen LogP contribution is -2.46. The van der Waals surface area contributed by atoms with Gasteiger partial charge in [-0.15, -0.1) is 0 Å². The first kappa shape index (κ1) is 25.6. The summed E-state index contributed by atoms with van der Waals surface area (Å²) in [5.74, 6) is -0.478. The molecule has 1 saturated heterocycles. The lowest BCUT2D eigenvalue weighted by molar-refractivity contribution is 0.00530. The molecule has 0 spiro atoms. The van der Waals surface area contributed by atoms with E-state index in [4.69, 9.17) is 0 Å². The molecule has 5 rings (SSSR count). The zero-order valence-electron chi connectivity index (χ0n) is 20.6.